The predicted molar refractivity (Wildman–Crippen MR) is 52.9 cm³/mol. The van der Waals surface area contributed by atoms with E-state index in [4.69, 9.17) is 0 Å². The van der Waals surface area contributed by atoms with Crippen LogP contribution in [-0.2, 0) is 9.84 Å². The Balaban J connectivity index is 2.47. The summed E-state index contributed by atoms with van der Waals surface area (Å²) in [6.07, 6.45) is 4.52. The monoisotopic (exact) mass is 248 g/mol. The van der Waals surface area contributed by atoms with Gasteiger partial charge in [-0.2, -0.15) is 0 Å². The average molecular weight is 248 g/mol. The molecule has 0 amide bonds. The van der Waals surface area contributed by atoms with Gasteiger partial charge in [0, 0.05) is 12.4 Å². The van der Waals surface area contributed by atoms with Gasteiger partial charge in [0.1, 0.15) is 12.7 Å². The minimum absolute atomic E-state index is 0.0465. The smallest absolute Gasteiger partial charge is 0.242 e. The molecular formula is C9H4N4O3S. The largest absolute Gasteiger partial charge is 0.288 e. The van der Waals surface area contributed by atoms with Gasteiger partial charge >= 0.3 is 0 Å². The Kier molecular flexibility index (Phi) is 1.84. The first kappa shape index (κ1) is 9.97. The molecule has 0 spiro atoms. The topological polar surface area (TPSA) is 103 Å². The van der Waals surface area contributed by atoms with E-state index in [0.717, 1.165) is 12.7 Å². The molecule has 3 heterocycles. The van der Waals surface area contributed by atoms with Gasteiger partial charge in [0.2, 0.25) is 15.6 Å². The molecule has 7 nitrogen and oxygen atoms in total. The molecule has 2 aromatic heterocycles. The molecule has 0 unspecified atom stereocenters. The summed E-state index contributed by atoms with van der Waals surface area (Å²) >= 11 is 0. The van der Waals surface area contributed by atoms with Gasteiger partial charge in [-0.1, -0.05) is 0 Å². The van der Waals surface area contributed by atoms with Gasteiger partial charge in [-0.3, -0.25) is 4.79 Å². The lowest BCUT2D eigenvalue weighted by Crippen LogP contribution is -2.23. The van der Waals surface area contributed by atoms with E-state index in [-0.39, 0.29) is 21.2 Å². The molecule has 0 bridgehead atoms. The minimum Gasteiger partial charge on any atom is -0.288 e. The standard InChI is InChI=1S/C9H4N4O3S/c14-7-5-1-10-3-12-8(5)17(15,16)9-6(7)2-11-4-13-9/h1-4H. The highest BCUT2D eigenvalue weighted by Crippen LogP contribution is 2.29. The van der Waals surface area contributed by atoms with Gasteiger partial charge in [-0.05, 0) is 0 Å². The molecule has 0 radical (unpaired) electrons. The van der Waals surface area contributed by atoms with Gasteiger partial charge in [-0.15, -0.1) is 0 Å². The maximum Gasteiger partial charge on any atom is 0.242 e. The third-order valence-electron chi connectivity index (χ3n) is 2.35. The molecule has 0 aromatic carbocycles. The molecule has 2 aromatic rings. The van der Waals surface area contributed by atoms with Crippen molar-refractivity contribution < 1.29 is 13.2 Å². The van der Waals surface area contributed by atoms with Gasteiger partial charge in [-0.25, -0.2) is 28.4 Å². The highest BCUT2D eigenvalue weighted by Gasteiger charge is 2.37. The minimum atomic E-state index is -3.86. The second kappa shape index (κ2) is 3.14. The van der Waals surface area contributed by atoms with E-state index in [2.05, 4.69) is 19.9 Å². The Morgan fingerprint density at radius 3 is 1.82 bits per heavy atom. The van der Waals surface area contributed by atoms with E-state index in [0.29, 0.717) is 0 Å². The summed E-state index contributed by atoms with van der Waals surface area (Å²) in [5.41, 5.74) is -0.0930. The van der Waals surface area contributed by atoms with Crippen LogP contribution >= 0.6 is 0 Å². The number of fused-ring (bicyclic) bond motifs is 2. The number of carbonyl (C=O) groups excluding carboxylic acids is 1. The second-order valence-corrected chi connectivity index (χ2v) is 5.10. The van der Waals surface area contributed by atoms with Crippen LogP contribution < -0.4 is 0 Å². The van der Waals surface area contributed by atoms with Gasteiger partial charge in [0.05, 0.1) is 11.1 Å². The first-order valence-electron chi connectivity index (χ1n) is 4.52. The first-order chi connectivity index (χ1) is 8.12. The van der Waals surface area contributed by atoms with Gasteiger partial charge in [0.15, 0.2) is 10.1 Å². The number of carbonyl (C=O) groups is 1. The molecular weight excluding hydrogens is 244 g/mol. The Morgan fingerprint density at radius 1 is 0.882 bits per heavy atom. The van der Waals surface area contributed by atoms with Crippen molar-refractivity contribution in [3.63, 3.8) is 0 Å². The third-order valence-corrected chi connectivity index (χ3v) is 4.02. The zero-order valence-corrected chi connectivity index (χ0v) is 9.05. The lowest BCUT2D eigenvalue weighted by Gasteiger charge is -2.14. The van der Waals surface area contributed by atoms with Crippen molar-refractivity contribution in [2.75, 3.05) is 0 Å². The summed E-state index contributed by atoms with van der Waals surface area (Å²) < 4.78 is 24.2. The molecule has 0 atom stereocenters. The fraction of sp³-hybridized carbons (Fsp3) is 0. The predicted octanol–water partition coefficient (Wildman–Crippen LogP) is -0.356. The van der Waals surface area contributed by atoms with Gasteiger partial charge < -0.3 is 0 Å². The van der Waals surface area contributed by atoms with Crippen LogP contribution in [0.3, 0.4) is 0 Å². The van der Waals surface area contributed by atoms with Crippen molar-refractivity contribution in [2.45, 2.75) is 10.1 Å². The molecule has 0 aliphatic carbocycles. The molecule has 17 heavy (non-hydrogen) atoms. The third kappa shape index (κ3) is 1.21. The maximum absolute atomic E-state index is 12.1. The average Bonchev–Trinajstić information content (AvgIpc) is 2.37. The van der Waals surface area contributed by atoms with Crippen LogP contribution in [0.25, 0.3) is 0 Å². The van der Waals surface area contributed by atoms with Crippen molar-refractivity contribution in [1.82, 2.24) is 19.9 Å². The summed E-state index contributed by atoms with van der Waals surface area (Å²) in [6, 6.07) is 0. The van der Waals surface area contributed by atoms with E-state index in [1.165, 1.54) is 12.4 Å². The Morgan fingerprint density at radius 2 is 1.35 bits per heavy atom. The molecule has 0 fully saturated rings. The molecule has 1 aliphatic heterocycles. The number of rotatable bonds is 0. The summed E-state index contributed by atoms with van der Waals surface area (Å²) in [4.78, 5) is 26.6. The summed E-state index contributed by atoms with van der Waals surface area (Å²) in [5, 5.41) is -0.604. The fourth-order valence-corrected chi connectivity index (χ4v) is 3.04. The second-order valence-electron chi connectivity index (χ2n) is 3.32. The number of hydrogen-bond donors (Lipinski definition) is 0. The first-order valence-corrected chi connectivity index (χ1v) is 6.00. The Labute approximate surface area is 95.5 Å². The number of ketones is 1. The lowest BCUT2D eigenvalue weighted by molar-refractivity contribution is 0.102. The van der Waals surface area contributed by atoms with Crippen molar-refractivity contribution >= 4 is 15.6 Å². The Bertz CT molecular complexity index is 686. The van der Waals surface area contributed by atoms with E-state index in [9.17, 15) is 13.2 Å². The van der Waals surface area contributed by atoms with E-state index in [1.807, 2.05) is 0 Å². The van der Waals surface area contributed by atoms with Crippen molar-refractivity contribution in [1.29, 1.82) is 0 Å². The molecule has 84 valence electrons. The van der Waals surface area contributed by atoms with Crippen LogP contribution in [0.1, 0.15) is 15.9 Å². The van der Waals surface area contributed by atoms with Crippen LogP contribution in [0.15, 0.2) is 35.1 Å². The number of aromatic nitrogens is 4. The number of nitrogens with zero attached hydrogens (tertiary/aromatic N) is 4. The molecule has 0 N–H and O–H groups in total. The molecule has 1 aliphatic rings. The van der Waals surface area contributed by atoms with Crippen molar-refractivity contribution in [3.8, 4) is 0 Å². The van der Waals surface area contributed by atoms with Crippen molar-refractivity contribution in [2.24, 2.45) is 0 Å². The highest BCUT2D eigenvalue weighted by atomic mass is 32.2. The molecule has 0 saturated heterocycles. The summed E-state index contributed by atoms with van der Waals surface area (Å²) in [7, 11) is -3.86. The zero-order chi connectivity index (χ0) is 12.0. The quantitative estimate of drug-likeness (QED) is 0.500. The summed E-state index contributed by atoms with van der Waals surface area (Å²) in [5.74, 6) is -0.481. The fourth-order valence-electron chi connectivity index (χ4n) is 1.61. The van der Waals surface area contributed by atoms with Gasteiger partial charge in [0.25, 0.3) is 0 Å². The van der Waals surface area contributed by atoms with Crippen LogP contribution in [0.4, 0.5) is 0 Å². The van der Waals surface area contributed by atoms with Crippen LogP contribution in [0.5, 0.6) is 0 Å². The molecule has 3 rings (SSSR count). The van der Waals surface area contributed by atoms with Crippen LogP contribution in [-0.4, -0.2) is 34.1 Å². The molecule has 0 saturated carbocycles. The normalized spacial score (nSPS) is 16.1. The highest BCUT2D eigenvalue weighted by molar-refractivity contribution is 7.91. The summed E-state index contributed by atoms with van der Waals surface area (Å²) in [6.45, 7) is 0. The van der Waals surface area contributed by atoms with E-state index in [1.54, 1.807) is 0 Å². The number of sulfone groups is 1. The Hall–Kier alpha value is -2.22. The zero-order valence-electron chi connectivity index (χ0n) is 8.23. The SMILES string of the molecule is O=C1c2cncnc2S(=O)(=O)c2ncncc21. The van der Waals surface area contributed by atoms with Crippen molar-refractivity contribution in [3.05, 3.63) is 36.2 Å². The lowest BCUT2D eigenvalue weighted by atomic mass is 10.1. The molecule has 8 heteroatoms. The van der Waals surface area contributed by atoms with E-state index >= 15 is 0 Å². The van der Waals surface area contributed by atoms with Crippen LogP contribution in [0.2, 0.25) is 0 Å². The van der Waals surface area contributed by atoms with E-state index < -0.39 is 15.6 Å². The maximum atomic E-state index is 12.1. The van der Waals surface area contributed by atoms with Crippen LogP contribution in [0, 0.1) is 0 Å². The number of hydrogen-bond acceptors (Lipinski definition) is 7.